The molecule has 0 unspecified atom stereocenters. The van der Waals surface area contributed by atoms with Gasteiger partial charge in [-0.05, 0) is 38.2 Å². The minimum absolute atomic E-state index is 0.128. The third kappa shape index (κ3) is 2.98. The zero-order valence-corrected chi connectivity index (χ0v) is 13.5. The lowest BCUT2D eigenvalue weighted by molar-refractivity contribution is -0.385. The van der Waals surface area contributed by atoms with E-state index in [-0.39, 0.29) is 21.9 Å². The number of para-hydroxylation sites is 1. The van der Waals surface area contributed by atoms with E-state index in [1.54, 1.807) is 19.9 Å². The molecule has 1 aromatic rings. The van der Waals surface area contributed by atoms with Gasteiger partial charge in [0, 0.05) is 19.2 Å². The minimum Gasteiger partial charge on any atom is -0.285 e. The molecule has 0 aliphatic carbocycles. The van der Waals surface area contributed by atoms with Gasteiger partial charge in [0.05, 0.1) is 10.5 Å². The van der Waals surface area contributed by atoms with Gasteiger partial charge < -0.3 is 0 Å². The maximum Gasteiger partial charge on any atom is 0.276 e. The minimum atomic E-state index is -0.552. The molecule has 7 nitrogen and oxygen atoms in total. The highest BCUT2D eigenvalue weighted by Gasteiger charge is 2.38. The topological polar surface area (TPSA) is 83.8 Å². The molecule has 0 aromatic heterocycles. The normalized spacial score (nSPS) is 15.2. The highest BCUT2D eigenvalue weighted by Crippen LogP contribution is 2.24. The Balaban J connectivity index is 2.56. The van der Waals surface area contributed by atoms with Crippen LogP contribution in [0.1, 0.15) is 19.4 Å². The van der Waals surface area contributed by atoms with Crippen LogP contribution in [0.25, 0.3) is 6.08 Å². The van der Waals surface area contributed by atoms with Crippen LogP contribution in [-0.2, 0) is 9.59 Å². The van der Waals surface area contributed by atoms with Gasteiger partial charge in [0.1, 0.15) is 5.57 Å². The molecule has 23 heavy (non-hydrogen) atoms. The van der Waals surface area contributed by atoms with Gasteiger partial charge in [0.2, 0.25) is 0 Å². The van der Waals surface area contributed by atoms with E-state index in [0.29, 0.717) is 13.1 Å². The number of benzene rings is 1. The maximum absolute atomic E-state index is 12.5. The molecule has 0 N–H and O–H groups in total. The molecule has 1 aromatic carbocycles. The van der Waals surface area contributed by atoms with Crippen LogP contribution in [0.15, 0.2) is 29.8 Å². The first kappa shape index (κ1) is 16.8. The number of carbonyl (C=O) groups excluding carboxylic acids is 2. The average molecular weight is 333 g/mol. The standard InChI is InChI=1S/C15H15N3O4S/c1-3-16-13(19)11(14(20)17(4-2)15(16)23)9-10-7-5-6-8-12(10)18(21)22/h5-9H,3-4H2,1-2H3. The summed E-state index contributed by atoms with van der Waals surface area (Å²) in [6.45, 7) is 4.12. The SMILES string of the molecule is CCN1C(=O)C(=Cc2ccccc2[N+](=O)[O-])C(=O)N(CC)C1=S. The fraction of sp³-hybridized carbons (Fsp3) is 0.267. The molecule has 0 saturated carbocycles. The van der Waals surface area contributed by atoms with E-state index in [1.165, 1.54) is 34.1 Å². The molecular formula is C15H15N3O4S. The van der Waals surface area contributed by atoms with Crippen molar-refractivity contribution >= 4 is 40.9 Å². The smallest absolute Gasteiger partial charge is 0.276 e. The second-order valence-electron chi connectivity index (χ2n) is 4.76. The van der Waals surface area contributed by atoms with E-state index in [4.69, 9.17) is 12.2 Å². The van der Waals surface area contributed by atoms with Crippen LogP contribution < -0.4 is 0 Å². The van der Waals surface area contributed by atoms with Gasteiger partial charge >= 0.3 is 0 Å². The molecule has 1 fully saturated rings. The fourth-order valence-electron chi connectivity index (χ4n) is 2.31. The van der Waals surface area contributed by atoms with Crippen LogP contribution in [0.3, 0.4) is 0 Å². The van der Waals surface area contributed by atoms with Gasteiger partial charge in [-0.15, -0.1) is 0 Å². The first-order valence-electron chi connectivity index (χ1n) is 7.05. The Labute approximate surface area is 138 Å². The molecule has 0 radical (unpaired) electrons. The summed E-state index contributed by atoms with van der Waals surface area (Å²) in [5.74, 6) is -1.07. The lowest BCUT2D eigenvalue weighted by Crippen LogP contribution is -2.55. The van der Waals surface area contributed by atoms with Crippen molar-refractivity contribution in [1.82, 2.24) is 9.80 Å². The Kier molecular flexibility index (Phi) is 4.85. The van der Waals surface area contributed by atoms with Crippen molar-refractivity contribution in [2.75, 3.05) is 13.1 Å². The van der Waals surface area contributed by atoms with Crippen molar-refractivity contribution < 1.29 is 14.5 Å². The summed E-state index contributed by atoms with van der Waals surface area (Å²) in [5.41, 5.74) is -0.0921. The van der Waals surface area contributed by atoms with Gasteiger partial charge in [0.15, 0.2) is 5.11 Å². The number of nitrogens with zero attached hydrogens (tertiary/aromatic N) is 3. The Morgan fingerprint density at radius 3 is 2.13 bits per heavy atom. The van der Waals surface area contributed by atoms with E-state index in [0.717, 1.165) is 0 Å². The fourth-order valence-corrected chi connectivity index (χ4v) is 2.74. The van der Waals surface area contributed by atoms with E-state index >= 15 is 0 Å². The lowest BCUT2D eigenvalue weighted by atomic mass is 10.1. The summed E-state index contributed by atoms with van der Waals surface area (Å²) in [5, 5.41) is 11.2. The molecule has 2 amide bonds. The van der Waals surface area contributed by atoms with Crippen molar-refractivity contribution in [3.05, 3.63) is 45.5 Å². The molecule has 0 bridgehead atoms. The van der Waals surface area contributed by atoms with Crippen molar-refractivity contribution in [3.63, 3.8) is 0 Å². The second-order valence-corrected chi connectivity index (χ2v) is 5.12. The van der Waals surface area contributed by atoms with Gasteiger partial charge in [-0.1, -0.05) is 12.1 Å². The zero-order chi connectivity index (χ0) is 17.1. The summed E-state index contributed by atoms with van der Waals surface area (Å²) in [6, 6.07) is 5.95. The molecule has 1 saturated heterocycles. The molecule has 0 spiro atoms. The number of nitro benzene ring substituents is 1. The van der Waals surface area contributed by atoms with Crippen LogP contribution in [0.4, 0.5) is 5.69 Å². The largest absolute Gasteiger partial charge is 0.285 e. The molecular weight excluding hydrogens is 318 g/mol. The first-order valence-corrected chi connectivity index (χ1v) is 7.46. The molecule has 8 heteroatoms. The highest BCUT2D eigenvalue weighted by atomic mass is 32.1. The number of thiocarbonyl (C=S) groups is 1. The first-order chi connectivity index (χ1) is 10.9. The predicted octanol–water partition coefficient (Wildman–Crippen LogP) is 1.97. The Hall–Kier alpha value is -2.61. The number of nitro groups is 1. The van der Waals surface area contributed by atoms with Gasteiger partial charge in [-0.25, -0.2) is 0 Å². The number of hydrogen-bond donors (Lipinski definition) is 0. The van der Waals surface area contributed by atoms with Gasteiger partial charge in [-0.2, -0.15) is 0 Å². The summed E-state index contributed by atoms with van der Waals surface area (Å²) in [6.07, 6.45) is 1.26. The second kappa shape index (κ2) is 6.66. The summed E-state index contributed by atoms with van der Waals surface area (Å²) >= 11 is 5.16. The lowest BCUT2D eigenvalue weighted by Gasteiger charge is -2.35. The summed E-state index contributed by atoms with van der Waals surface area (Å²) in [7, 11) is 0. The third-order valence-electron chi connectivity index (χ3n) is 3.48. The maximum atomic E-state index is 12.5. The van der Waals surface area contributed by atoms with E-state index in [2.05, 4.69) is 0 Å². The molecule has 1 aliphatic heterocycles. The summed E-state index contributed by atoms with van der Waals surface area (Å²) < 4.78 is 0. The van der Waals surface area contributed by atoms with Crippen LogP contribution >= 0.6 is 12.2 Å². The monoisotopic (exact) mass is 333 g/mol. The quantitative estimate of drug-likeness (QED) is 0.276. The van der Waals surface area contributed by atoms with E-state index < -0.39 is 16.7 Å². The average Bonchev–Trinajstić information content (AvgIpc) is 2.52. The molecule has 1 aliphatic rings. The van der Waals surface area contributed by atoms with Crippen molar-refractivity contribution in [3.8, 4) is 0 Å². The third-order valence-corrected chi connectivity index (χ3v) is 3.92. The van der Waals surface area contributed by atoms with Gasteiger partial charge in [-0.3, -0.25) is 29.5 Å². The highest BCUT2D eigenvalue weighted by molar-refractivity contribution is 7.80. The molecule has 120 valence electrons. The van der Waals surface area contributed by atoms with Crippen molar-refractivity contribution in [2.45, 2.75) is 13.8 Å². The molecule has 1 heterocycles. The van der Waals surface area contributed by atoms with E-state index in [1.807, 2.05) is 0 Å². The summed E-state index contributed by atoms with van der Waals surface area (Å²) in [4.78, 5) is 38.1. The molecule has 0 atom stereocenters. The number of likely N-dealkylation sites (N-methyl/N-ethyl adjacent to an activating group) is 2. The van der Waals surface area contributed by atoms with Crippen LogP contribution in [0.2, 0.25) is 0 Å². The van der Waals surface area contributed by atoms with Crippen LogP contribution in [0, 0.1) is 10.1 Å². The Morgan fingerprint density at radius 2 is 1.65 bits per heavy atom. The number of amides is 2. The van der Waals surface area contributed by atoms with Gasteiger partial charge in [0.25, 0.3) is 17.5 Å². The van der Waals surface area contributed by atoms with Crippen molar-refractivity contribution in [1.29, 1.82) is 0 Å². The Bertz CT molecular complexity index is 701. The Morgan fingerprint density at radius 1 is 1.13 bits per heavy atom. The van der Waals surface area contributed by atoms with E-state index in [9.17, 15) is 19.7 Å². The zero-order valence-electron chi connectivity index (χ0n) is 12.7. The van der Waals surface area contributed by atoms with Crippen LogP contribution in [-0.4, -0.2) is 44.7 Å². The number of hydrogen-bond acceptors (Lipinski definition) is 5. The number of carbonyl (C=O) groups is 2. The number of rotatable bonds is 4. The molecule has 2 rings (SSSR count). The van der Waals surface area contributed by atoms with Crippen LogP contribution in [0.5, 0.6) is 0 Å². The van der Waals surface area contributed by atoms with Crippen molar-refractivity contribution in [2.24, 2.45) is 0 Å². The predicted molar refractivity (Wildman–Crippen MR) is 88.4 cm³/mol.